The molecule has 0 aliphatic carbocycles. The zero-order valence-electron chi connectivity index (χ0n) is 21.0. The highest BCUT2D eigenvalue weighted by Gasteiger charge is 2.25. The van der Waals surface area contributed by atoms with E-state index >= 15 is 0 Å². The Morgan fingerprint density at radius 1 is 1.00 bits per heavy atom. The Hall–Kier alpha value is -5.17. The summed E-state index contributed by atoms with van der Waals surface area (Å²) < 4.78 is 7.63. The molecule has 0 aliphatic rings. The topological polar surface area (TPSA) is 175 Å². The fourth-order valence-corrected chi connectivity index (χ4v) is 3.72. The number of aromatic nitrogens is 4. The van der Waals surface area contributed by atoms with Crippen molar-refractivity contribution in [3.8, 4) is 0 Å². The van der Waals surface area contributed by atoms with E-state index in [1.807, 2.05) is 30.3 Å². The van der Waals surface area contributed by atoms with Crippen molar-refractivity contribution in [1.82, 2.24) is 24.4 Å². The van der Waals surface area contributed by atoms with Gasteiger partial charge in [-0.1, -0.05) is 42.5 Å². The first-order valence-electron chi connectivity index (χ1n) is 11.7. The Bertz CT molecular complexity index is 1680. The second kappa shape index (κ2) is 11.5. The number of anilines is 1. The van der Waals surface area contributed by atoms with E-state index in [1.165, 1.54) is 32.3 Å². The van der Waals surface area contributed by atoms with Gasteiger partial charge in [-0.05, 0) is 17.7 Å². The van der Waals surface area contributed by atoms with Crippen LogP contribution in [0.25, 0.3) is 11.2 Å². The average molecular weight is 533 g/mol. The van der Waals surface area contributed by atoms with Crippen LogP contribution in [0.1, 0.15) is 26.4 Å². The lowest BCUT2D eigenvalue weighted by molar-refractivity contribution is -0.119. The van der Waals surface area contributed by atoms with Crippen molar-refractivity contribution in [2.24, 2.45) is 14.1 Å². The summed E-state index contributed by atoms with van der Waals surface area (Å²) >= 11 is 0. The highest BCUT2D eigenvalue weighted by atomic mass is 16.5. The third-order valence-corrected chi connectivity index (χ3v) is 5.82. The second-order valence-corrected chi connectivity index (χ2v) is 8.50. The van der Waals surface area contributed by atoms with Crippen LogP contribution >= 0.6 is 0 Å². The zero-order chi connectivity index (χ0) is 28.1. The molecule has 39 heavy (non-hydrogen) atoms. The number of fused-ring (bicyclic) bond motifs is 1. The molecule has 0 spiro atoms. The molecule has 2 aromatic heterocycles. The number of para-hydroxylation sites is 1. The van der Waals surface area contributed by atoms with Crippen molar-refractivity contribution >= 4 is 34.6 Å². The SMILES string of the molecule is Cn1c(=O)c2nc(C(=O)N[C@@H](COCc3ccccc3)C(=O)Nc3ccccc3C(=O)O)cnc2n(C)c1=O. The van der Waals surface area contributed by atoms with Crippen molar-refractivity contribution in [3.63, 3.8) is 0 Å². The van der Waals surface area contributed by atoms with Gasteiger partial charge in [-0.25, -0.2) is 19.6 Å². The minimum absolute atomic E-state index is 0.00887. The fraction of sp³-hybridized carbons (Fsp3) is 0.192. The smallest absolute Gasteiger partial charge is 0.337 e. The summed E-state index contributed by atoms with van der Waals surface area (Å²) in [6.07, 6.45) is 1.08. The van der Waals surface area contributed by atoms with Crippen molar-refractivity contribution < 1.29 is 24.2 Å². The van der Waals surface area contributed by atoms with Crippen LogP contribution in [0, 0.1) is 0 Å². The highest BCUT2D eigenvalue weighted by Crippen LogP contribution is 2.15. The Balaban J connectivity index is 1.60. The minimum atomic E-state index is -1.27. The van der Waals surface area contributed by atoms with Gasteiger partial charge >= 0.3 is 11.7 Å². The van der Waals surface area contributed by atoms with Gasteiger partial charge in [-0.2, -0.15) is 0 Å². The molecular formula is C26H24N6O7. The van der Waals surface area contributed by atoms with E-state index in [2.05, 4.69) is 20.6 Å². The molecule has 0 radical (unpaired) electrons. The molecular weight excluding hydrogens is 508 g/mol. The van der Waals surface area contributed by atoms with E-state index in [0.717, 1.165) is 20.9 Å². The molecule has 4 rings (SSSR count). The van der Waals surface area contributed by atoms with Crippen molar-refractivity contribution in [3.05, 3.63) is 98.5 Å². The molecule has 2 amide bonds. The van der Waals surface area contributed by atoms with Crippen LogP contribution in [-0.4, -0.2) is 54.6 Å². The second-order valence-electron chi connectivity index (χ2n) is 8.50. The van der Waals surface area contributed by atoms with E-state index in [-0.39, 0.29) is 41.3 Å². The zero-order valence-corrected chi connectivity index (χ0v) is 21.0. The number of hydrogen-bond donors (Lipinski definition) is 3. The van der Waals surface area contributed by atoms with Gasteiger partial charge < -0.3 is 20.5 Å². The first-order valence-corrected chi connectivity index (χ1v) is 11.7. The Kier molecular flexibility index (Phi) is 7.91. The van der Waals surface area contributed by atoms with Gasteiger partial charge in [0.2, 0.25) is 5.91 Å². The fourth-order valence-electron chi connectivity index (χ4n) is 3.72. The molecule has 2 aromatic carbocycles. The normalized spacial score (nSPS) is 11.6. The Labute approximate surface area is 220 Å². The number of ether oxygens (including phenoxy) is 1. The summed E-state index contributed by atoms with van der Waals surface area (Å²) in [5.41, 5.74) is -1.09. The molecule has 0 saturated carbocycles. The van der Waals surface area contributed by atoms with Crippen LogP contribution in [0.4, 0.5) is 5.69 Å². The predicted molar refractivity (Wildman–Crippen MR) is 139 cm³/mol. The van der Waals surface area contributed by atoms with Gasteiger partial charge in [-0.3, -0.25) is 23.5 Å². The minimum Gasteiger partial charge on any atom is -0.478 e. The van der Waals surface area contributed by atoms with Gasteiger partial charge in [0.25, 0.3) is 11.5 Å². The molecule has 13 heteroatoms. The third kappa shape index (κ3) is 5.88. The molecule has 0 fully saturated rings. The summed E-state index contributed by atoms with van der Waals surface area (Å²) in [6.45, 7) is -0.120. The summed E-state index contributed by atoms with van der Waals surface area (Å²) in [7, 11) is 2.69. The largest absolute Gasteiger partial charge is 0.478 e. The molecule has 0 aliphatic heterocycles. The van der Waals surface area contributed by atoms with Gasteiger partial charge in [0, 0.05) is 14.1 Å². The molecule has 200 valence electrons. The number of nitrogens with one attached hydrogen (secondary N) is 2. The van der Waals surface area contributed by atoms with Crippen LogP contribution in [0.3, 0.4) is 0 Å². The highest BCUT2D eigenvalue weighted by molar-refractivity contribution is 6.04. The third-order valence-electron chi connectivity index (χ3n) is 5.82. The van der Waals surface area contributed by atoms with Crippen LogP contribution in [0.2, 0.25) is 0 Å². The number of aryl methyl sites for hydroxylation is 1. The van der Waals surface area contributed by atoms with E-state index in [0.29, 0.717) is 0 Å². The van der Waals surface area contributed by atoms with Crippen molar-refractivity contribution in [1.29, 1.82) is 0 Å². The maximum absolute atomic E-state index is 13.2. The van der Waals surface area contributed by atoms with E-state index in [4.69, 9.17) is 4.74 Å². The first-order chi connectivity index (χ1) is 18.7. The monoisotopic (exact) mass is 532 g/mol. The van der Waals surface area contributed by atoms with E-state index in [1.54, 1.807) is 6.07 Å². The van der Waals surface area contributed by atoms with Gasteiger partial charge in [0.15, 0.2) is 11.2 Å². The summed E-state index contributed by atoms with van der Waals surface area (Å²) in [5.74, 6) is -2.82. The van der Waals surface area contributed by atoms with Crippen molar-refractivity contribution in [2.45, 2.75) is 12.6 Å². The lowest BCUT2D eigenvalue weighted by atomic mass is 10.1. The number of aromatic carboxylic acids is 1. The number of rotatable bonds is 9. The average Bonchev–Trinajstić information content (AvgIpc) is 2.94. The molecule has 0 saturated heterocycles. The number of amides is 2. The number of carbonyl (C=O) groups is 3. The molecule has 1 atom stereocenters. The number of benzene rings is 2. The van der Waals surface area contributed by atoms with E-state index in [9.17, 15) is 29.1 Å². The summed E-state index contributed by atoms with van der Waals surface area (Å²) in [6, 6.07) is 13.7. The molecule has 2 heterocycles. The lowest BCUT2D eigenvalue weighted by Crippen LogP contribution is -2.47. The van der Waals surface area contributed by atoms with Gasteiger partial charge in [0.05, 0.1) is 30.7 Å². The number of nitrogens with zero attached hydrogens (tertiary/aromatic N) is 4. The molecule has 13 nitrogen and oxygen atoms in total. The predicted octanol–water partition coefficient (Wildman–Crippen LogP) is 0.679. The number of carboxylic acids is 1. The molecule has 0 unspecified atom stereocenters. The quantitative estimate of drug-likeness (QED) is 0.280. The molecule has 3 N–H and O–H groups in total. The lowest BCUT2D eigenvalue weighted by Gasteiger charge is -2.19. The van der Waals surface area contributed by atoms with Gasteiger partial charge in [0.1, 0.15) is 11.7 Å². The summed E-state index contributed by atoms with van der Waals surface area (Å²) in [4.78, 5) is 70.6. The van der Waals surface area contributed by atoms with Gasteiger partial charge in [-0.15, -0.1) is 0 Å². The van der Waals surface area contributed by atoms with Crippen molar-refractivity contribution in [2.75, 3.05) is 11.9 Å². The van der Waals surface area contributed by atoms with Crippen LogP contribution < -0.4 is 21.9 Å². The Morgan fingerprint density at radius 2 is 1.69 bits per heavy atom. The Morgan fingerprint density at radius 3 is 2.41 bits per heavy atom. The molecule has 4 aromatic rings. The van der Waals surface area contributed by atoms with Crippen LogP contribution in [-0.2, 0) is 30.2 Å². The number of hydrogen-bond acceptors (Lipinski definition) is 8. The standard InChI is InChI=1S/C26H24N6O7/c1-31-21-20(24(35)32(2)26(31)38)28-18(12-27-21)22(33)30-19(14-39-13-15-8-4-3-5-9-15)23(34)29-17-11-7-6-10-16(17)25(36)37/h3-12,19H,13-14H2,1-2H3,(H,29,34)(H,30,33)(H,36,37)/t19-/m0/s1. The number of carbonyl (C=O) groups excluding carboxylic acids is 2. The number of carboxylic acid groups (broad SMARTS) is 1. The molecule has 0 bridgehead atoms. The maximum atomic E-state index is 13.2. The van der Waals surface area contributed by atoms with Crippen LogP contribution in [0.5, 0.6) is 0 Å². The first kappa shape index (κ1) is 26.9. The maximum Gasteiger partial charge on any atom is 0.337 e. The summed E-state index contributed by atoms with van der Waals surface area (Å²) in [5, 5.41) is 14.5. The van der Waals surface area contributed by atoms with E-state index < -0.39 is 35.1 Å². The van der Waals surface area contributed by atoms with Crippen LogP contribution in [0.15, 0.2) is 70.4 Å².